The quantitative estimate of drug-likeness (QED) is 0.330. The van der Waals surface area contributed by atoms with Gasteiger partial charge in [0.2, 0.25) is 0 Å². The molecule has 2 nitrogen and oxygen atoms in total. The molecule has 2 heterocycles. The first-order valence-electron chi connectivity index (χ1n) is 8.06. The maximum atomic E-state index is 6.20. The molecule has 2 aromatic carbocycles. The van der Waals surface area contributed by atoms with Gasteiger partial charge in [-0.2, -0.15) is 0 Å². The van der Waals surface area contributed by atoms with Crippen LogP contribution in [-0.2, 0) is 20.1 Å². The van der Waals surface area contributed by atoms with Gasteiger partial charge in [-0.1, -0.05) is 67.5 Å². The first-order valence-corrected chi connectivity index (χ1v) is 8.06. The van der Waals surface area contributed by atoms with Crippen molar-refractivity contribution in [3.8, 4) is 11.3 Å². The molecular formula is C21H18IrNO-. The SMILES string of the molecule is CCC(C)c1c[c-]c(-c2ccccn2)c2oc3ccccc3c12.[Ir]. The van der Waals surface area contributed by atoms with Gasteiger partial charge in [-0.25, -0.2) is 0 Å². The van der Waals surface area contributed by atoms with E-state index in [1.807, 2.05) is 30.3 Å². The number of benzene rings is 2. The molecule has 4 aromatic rings. The predicted octanol–water partition coefficient (Wildman–Crippen LogP) is 5.96. The molecule has 0 aliphatic heterocycles. The molecule has 123 valence electrons. The summed E-state index contributed by atoms with van der Waals surface area (Å²) in [4.78, 5) is 4.47. The van der Waals surface area contributed by atoms with Crippen molar-refractivity contribution in [3.05, 3.63) is 66.4 Å². The molecule has 1 atom stereocenters. The van der Waals surface area contributed by atoms with Crippen molar-refractivity contribution in [1.82, 2.24) is 4.98 Å². The molecule has 0 aliphatic rings. The molecule has 0 saturated carbocycles. The summed E-state index contributed by atoms with van der Waals surface area (Å²) in [6.07, 6.45) is 2.89. The molecule has 2 aromatic heterocycles. The molecular weight excluding hydrogens is 474 g/mol. The van der Waals surface area contributed by atoms with E-state index in [1.165, 1.54) is 16.3 Å². The fourth-order valence-corrected chi connectivity index (χ4v) is 3.11. The van der Waals surface area contributed by atoms with Gasteiger partial charge >= 0.3 is 0 Å². The molecule has 1 radical (unpaired) electrons. The Morgan fingerprint density at radius 3 is 2.67 bits per heavy atom. The van der Waals surface area contributed by atoms with Gasteiger partial charge in [0.25, 0.3) is 0 Å². The Morgan fingerprint density at radius 1 is 1.12 bits per heavy atom. The number of furan rings is 1. The maximum Gasteiger partial charge on any atom is 0.120 e. The zero-order valence-electron chi connectivity index (χ0n) is 13.7. The molecule has 0 N–H and O–H groups in total. The standard InChI is InChI=1S/C21H18NO.Ir/c1-3-14(2)15-11-12-16(18-9-6-7-13-22-18)21-20(15)17-8-4-5-10-19(17)23-21;/h4-11,13-14H,3H2,1-2H3;/q-1;. The van der Waals surface area contributed by atoms with Gasteiger partial charge in [-0.3, -0.25) is 0 Å². The van der Waals surface area contributed by atoms with Gasteiger partial charge < -0.3 is 9.40 Å². The fourth-order valence-electron chi connectivity index (χ4n) is 3.11. The van der Waals surface area contributed by atoms with Crippen molar-refractivity contribution in [2.75, 3.05) is 0 Å². The van der Waals surface area contributed by atoms with Crippen LogP contribution in [0.2, 0.25) is 0 Å². The molecule has 0 aliphatic carbocycles. The first-order chi connectivity index (χ1) is 11.3. The molecule has 3 heteroatoms. The number of hydrogen-bond acceptors (Lipinski definition) is 2. The zero-order chi connectivity index (χ0) is 15.8. The average molecular weight is 493 g/mol. The molecule has 1 unspecified atom stereocenters. The summed E-state index contributed by atoms with van der Waals surface area (Å²) in [7, 11) is 0. The van der Waals surface area contributed by atoms with Crippen LogP contribution in [0.1, 0.15) is 31.7 Å². The van der Waals surface area contributed by atoms with Crippen LogP contribution in [0.25, 0.3) is 33.2 Å². The van der Waals surface area contributed by atoms with Crippen LogP contribution in [-0.4, -0.2) is 4.98 Å². The fraction of sp³-hybridized carbons (Fsp3) is 0.190. The normalized spacial score (nSPS) is 12.2. The Hall–Kier alpha value is -1.96. The van der Waals surface area contributed by atoms with Gasteiger partial charge in [0.15, 0.2) is 0 Å². The monoisotopic (exact) mass is 493 g/mol. The van der Waals surface area contributed by atoms with Crippen LogP contribution in [0.3, 0.4) is 0 Å². The van der Waals surface area contributed by atoms with Gasteiger partial charge in [-0.05, 0) is 17.8 Å². The Labute approximate surface area is 155 Å². The Bertz CT molecular complexity index is 975. The van der Waals surface area contributed by atoms with Gasteiger partial charge in [-0.15, -0.1) is 17.7 Å². The van der Waals surface area contributed by atoms with E-state index < -0.39 is 0 Å². The predicted molar refractivity (Wildman–Crippen MR) is 94.5 cm³/mol. The van der Waals surface area contributed by atoms with Gasteiger partial charge in [0.1, 0.15) is 5.58 Å². The third-order valence-corrected chi connectivity index (χ3v) is 4.55. The van der Waals surface area contributed by atoms with Gasteiger partial charge in [0, 0.05) is 31.7 Å². The molecule has 0 amide bonds. The molecule has 0 bridgehead atoms. The number of aromatic nitrogens is 1. The third kappa shape index (κ3) is 2.68. The second-order valence-corrected chi connectivity index (χ2v) is 5.95. The Kier molecular flexibility index (Phi) is 4.84. The van der Waals surface area contributed by atoms with Crippen molar-refractivity contribution in [1.29, 1.82) is 0 Å². The van der Waals surface area contributed by atoms with Crippen LogP contribution in [0.15, 0.2) is 59.1 Å². The minimum Gasteiger partial charge on any atom is -0.501 e. The van der Waals surface area contributed by atoms with Crippen molar-refractivity contribution in [3.63, 3.8) is 0 Å². The van der Waals surface area contributed by atoms with Crippen molar-refractivity contribution >= 4 is 21.9 Å². The minimum atomic E-state index is 0. The smallest absolute Gasteiger partial charge is 0.120 e. The summed E-state index contributed by atoms with van der Waals surface area (Å²) in [6.45, 7) is 4.47. The van der Waals surface area contributed by atoms with E-state index in [4.69, 9.17) is 4.42 Å². The molecule has 0 fully saturated rings. The van der Waals surface area contributed by atoms with E-state index in [1.54, 1.807) is 6.20 Å². The van der Waals surface area contributed by atoms with E-state index in [-0.39, 0.29) is 20.1 Å². The van der Waals surface area contributed by atoms with E-state index >= 15 is 0 Å². The second kappa shape index (κ2) is 6.88. The van der Waals surface area contributed by atoms with E-state index in [0.29, 0.717) is 5.92 Å². The Balaban J connectivity index is 0.00000169. The maximum absolute atomic E-state index is 6.20. The van der Waals surface area contributed by atoms with Crippen molar-refractivity contribution < 1.29 is 24.5 Å². The first kappa shape index (κ1) is 16.9. The van der Waals surface area contributed by atoms with Crippen LogP contribution < -0.4 is 0 Å². The number of nitrogens with zero attached hydrogens (tertiary/aromatic N) is 1. The molecule has 0 saturated heterocycles. The summed E-state index contributed by atoms with van der Waals surface area (Å²) in [5.41, 5.74) is 4.94. The zero-order valence-corrected chi connectivity index (χ0v) is 16.1. The third-order valence-electron chi connectivity index (χ3n) is 4.55. The minimum absolute atomic E-state index is 0. The topological polar surface area (TPSA) is 26.0 Å². The molecule has 24 heavy (non-hydrogen) atoms. The summed E-state index contributed by atoms with van der Waals surface area (Å²) >= 11 is 0. The summed E-state index contributed by atoms with van der Waals surface area (Å²) in [5, 5.41) is 2.37. The van der Waals surface area contributed by atoms with Crippen LogP contribution in [0.5, 0.6) is 0 Å². The van der Waals surface area contributed by atoms with E-state index in [2.05, 4.69) is 43.1 Å². The van der Waals surface area contributed by atoms with Crippen LogP contribution in [0, 0.1) is 6.07 Å². The second-order valence-electron chi connectivity index (χ2n) is 5.95. The molecule has 0 spiro atoms. The number of para-hydroxylation sites is 1. The van der Waals surface area contributed by atoms with Crippen molar-refractivity contribution in [2.45, 2.75) is 26.2 Å². The van der Waals surface area contributed by atoms with Crippen molar-refractivity contribution in [2.24, 2.45) is 0 Å². The van der Waals surface area contributed by atoms with E-state index in [9.17, 15) is 0 Å². The average Bonchev–Trinajstić information content (AvgIpc) is 3.00. The summed E-state index contributed by atoms with van der Waals surface area (Å²) in [6, 6.07) is 19.7. The van der Waals surface area contributed by atoms with Crippen LogP contribution >= 0.6 is 0 Å². The largest absolute Gasteiger partial charge is 0.501 e. The molecule has 4 rings (SSSR count). The number of fused-ring (bicyclic) bond motifs is 3. The summed E-state index contributed by atoms with van der Waals surface area (Å²) < 4.78 is 6.20. The van der Waals surface area contributed by atoms with E-state index in [0.717, 1.165) is 28.8 Å². The van der Waals surface area contributed by atoms with Crippen LogP contribution in [0.4, 0.5) is 0 Å². The number of rotatable bonds is 3. The van der Waals surface area contributed by atoms with Gasteiger partial charge in [0.05, 0.1) is 5.58 Å². The Morgan fingerprint density at radius 2 is 1.92 bits per heavy atom. The summed E-state index contributed by atoms with van der Waals surface area (Å²) in [5.74, 6) is 0.465. The number of hydrogen-bond donors (Lipinski definition) is 0. The number of pyridine rings is 1.